The summed E-state index contributed by atoms with van der Waals surface area (Å²) in [6.07, 6.45) is -2.03. The number of hydrogen-bond acceptors (Lipinski definition) is 2. The van der Waals surface area contributed by atoms with Gasteiger partial charge in [0.25, 0.3) is 0 Å². The molecular weight excluding hydrogens is 253 g/mol. The summed E-state index contributed by atoms with van der Waals surface area (Å²) < 4.78 is 38.4. The minimum Gasteiger partial charge on any atom is -0.385 e. The van der Waals surface area contributed by atoms with E-state index in [9.17, 15) is 13.2 Å². The number of rotatable bonds is 3. The van der Waals surface area contributed by atoms with E-state index in [4.69, 9.17) is 0 Å². The van der Waals surface area contributed by atoms with Crippen molar-refractivity contribution in [2.75, 3.05) is 25.0 Å². The molecule has 1 aromatic rings. The molecular formula is C14H19F3N2. The van der Waals surface area contributed by atoms with Crippen LogP contribution in [0.2, 0.25) is 0 Å². The molecule has 1 fully saturated rings. The third-order valence-electron chi connectivity index (χ3n) is 3.54. The van der Waals surface area contributed by atoms with E-state index in [1.54, 1.807) is 6.07 Å². The fraction of sp³-hybridized carbons (Fsp3) is 0.571. The summed E-state index contributed by atoms with van der Waals surface area (Å²) in [6, 6.07) is 4.43. The van der Waals surface area contributed by atoms with Crippen LogP contribution in [0, 0.1) is 12.8 Å². The molecule has 19 heavy (non-hydrogen) atoms. The number of halogens is 3. The van der Waals surface area contributed by atoms with Gasteiger partial charge in [-0.25, -0.2) is 0 Å². The van der Waals surface area contributed by atoms with E-state index in [-0.39, 0.29) is 5.56 Å². The largest absolute Gasteiger partial charge is 0.416 e. The Balaban J connectivity index is 2.00. The zero-order valence-electron chi connectivity index (χ0n) is 11.0. The van der Waals surface area contributed by atoms with Crippen LogP contribution in [0.25, 0.3) is 0 Å². The van der Waals surface area contributed by atoms with Crippen LogP contribution in [0.3, 0.4) is 0 Å². The molecule has 0 saturated carbocycles. The molecule has 1 aromatic carbocycles. The SMILES string of the molecule is Cc1ccc(NCC2CCCNC2)cc1C(F)(F)F. The summed E-state index contributed by atoms with van der Waals surface area (Å²) in [4.78, 5) is 0. The van der Waals surface area contributed by atoms with Crippen LogP contribution in [0.15, 0.2) is 18.2 Å². The standard InChI is InChI=1S/C14H19F3N2/c1-10-4-5-12(7-13(10)14(15,16)17)19-9-11-3-2-6-18-8-11/h4-5,7,11,18-19H,2-3,6,8-9H2,1H3. The van der Waals surface area contributed by atoms with Crippen molar-refractivity contribution in [1.29, 1.82) is 0 Å². The lowest BCUT2D eigenvalue weighted by atomic mass is 9.99. The zero-order chi connectivity index (χ0) is 13.9. The number of aryl methyl sites for hydroxylation is 1. The molecule has 0 bridgehead atoms. The van der Waals surface area contributed by atoms with Crippen molar-refractivity contribution in [2.24, 2.45) is 5.92 Å². The van der Waals surface area contributed by atoms with E-state index in [1.165, 1.54) is 19.1 Å². The Kier molecular flexibility index (Phi) is 4.34. The van der Waals surface area contributed by atoms with Crippen LogP contribution >= 0.6 is 0 Å². The van der Waals surface area contributed by atoms with Gasteiger partial charge in [0.2, 0.25) is 0 Å². The molecule has 1 atom stereocenters. The molecule has 5 heteroatoms. The van der Waals surface area contributed by atoms with Gasteiger partial charge in [0, 0.05) is 12.2 Å². The maximum absolute atomic E-state index is 12.8. The van der Waals surface area contributed by atoms with Crippen LogP contribution in [0.5, 0.6) is 0 Å². The van der Waals surface area contributed by atoms with Gasteiger partial charge in [0.15, 0.2) is 0 Å². The lowest BCUT2D eigenvalue weighted by Gasteiger charge is -2.23. The van der Waals surface area contributed by atoms with Gasteiger partial charge < -0.3 is 10.6 Å². The molecule has 0 aromatic heterocycles. The second-order valence-corrected chi connectivity index (χ2v) is 5.12. The Labute approximate surface area is 111 Å². The lowest BCUT2D eigenvalue weighted by molar-refractivity contribution is -0.138. The number of hydrogen-bond donors (Lipinski definition) is 2. The summed E-state index contributed by atoms with van der Waals surface area (Å²) >= 11 is 0. The number of anilines is 1. The molecule has 1 heterocycles. The van der Waals surface area contributed by atoms with Crippen molar-refractivity contribution in [3.63, 3.8) is 0 Å². The van der Waals surface area contributed by atoms with Gasteiger partial charge in [-0.1, -0.05) is 6.07 Å². The van der Waals surface area contributed by atoms with Crippen LogP contribution in [-0.4, -0.2) is 19.6 Å². The van der Waals surface area contributed by atoms with Gasteiger partial charge >= 0.3 is 6.18 Å². The zero-order valence-corrected chi connectivity index (χ0v) is 11.0. The fourth-order valence-corrected chi connectivity index (χ4v) is 2.40. The summed E-state index contributed by atoms with van der Waals surface area (Å²) in [5.74, 6) is 0.490. The molecule has 2 N–H and O–H groups in total. The molecule has 1 aliphatic heterocycles. The Hall–Kier alpha value is -1.23. The Morgan fingerprint density at radius 1 is 1.37 bits per heavy atom. The van der Waals surface area contributed by atoms with E-state index in [0.29, 0.717) is 18.2 Å². The minimum absolute atomic E-state index is 0.261. The minimum atomic E-state index is -4.28. The number of benzene rings is 1. The molecule has 1 saturated heterocycles. The fourth-order valence-electron chi connectivity index (χ4n) is 2.40. The first kappa shape index (κ1) is 14.2. The van der Waals surface area contributed by atoms with E-state index >= 15 is 0 Å². The topological polar surface area (TPSA) is 24.1 Å². The summed E-state index contributed by atoms with van der Waals surface area (Å²) in [5, 5.41) is 6.41. The third kappa shape index (κ3) is 3.86. The van der Waals surface area contributed by atoms with Gasteiger partial charge in [-0.15, -0.1) is 0 Å². The first-order valence-corrected chi connectivity index (χ1v) is 6.59. The van der Waals surface area contributed by atoms with Crippen LogP contribution in [0.1, 0.15) is 24.0 Å². The maximum atomic E-state index is 12.8. The first-order valence-electron chi connectivity index (χ1n) is 6.59. The number of piperidine rings is 1. The van der Waals surface area contributed by atoms with Crippen LogP contribution in [0.4, 0.5) is 18.9 Å². The van der Waals surface area contributed by atoms with Gasteiger partial charge in [-0.2, -0.15) is 13.2 Å². The summed E-state index contributed by atoms with van der Waals surface area (Å²) in [6.45, 7) is 4.18. The molecule has 0 amide bonds. The van der Waals surface area contributed by atoms with Crippen LogP contribution in [-0.2, 0) is 6.18 Å². The Morgan fingerprint density at radius 3 is 2.79 bits per heavy atom. The van der Waals surface area contributed by atoms with Gasteiger partial charge in [0.05, 0.1) is 5.56 Å². The average molecular weight is 272 g/mol. The predicted octanol–water partition coefficient (Wildman–Crippen LogP) is 3.43. The van der Waals surface area contributed by atoms with Crippen molar-refractivity contribution in [1.82, 2.24) is 5.32 Å². The quantitative estimate of drug-likeness (QED) is 0.881. The summed E-state index contributed by atoms with van der Waals surface area (Å²) in [7, 11) is 0. The van der Waals surface area contributed by atoms with Crippen molar-refractivity contribution < 1.29 is 13.2 Å². The number of alkyl halides is 3. The van der Waals surface area contributed by atoms with Gasteiger partial charge in [-0.3, -0.25) is 0 Å². The highest BCUT2D eigenvalue weighted by Gasteiger charge is 2.32. The van der Waals surface area contributed by atoms with E-state index in [1.807, 2.05) is 0 Å². The van der Waals surface area contributed by atoms with Crippen molar-refractivity contribution in [3.8, 4) is 0 Å². The predicted molar refractivity (Wildman–Crippen MR) is 70.3 cm³/mol. The lowest BCUT2D eigenvalue weighted by Crippen LogP contribution is -2.33. The second-order valence-electron chi connectivity index (χ2n) is 5.12. The molecule has 0 spiro atoms. The smallest absolute Gasteiger partial charge is 0.385 e. The second kappa shape index (κ2) is 5.82. The first-order chi connectivity index (χ1) is 8.97. The third-order valence-corrected chi connectivity index (χ3v) is 3.54. The van der Waals surface area contributed by atoms with Crippen molar-refractivity contribution in [3.05, 3.63) is 29.3 Å². The highest BCUT2D eigenvalue weighted by Crippen LogP contribution is 2.33. The van der Waals surface area contributed by atoms with Gasteiger partial charge in [-0.05, 0) is 56.5 Å². The normalized spacial score (nSPS) is 20.3. The Bertz CT molecular complexity index is 423. The van der Waals surface area contributed by atoms with Crippen LogP contribution < -0.4 is 10.6 Å². The molecule has 2 rings (SSSR count). The maximum Gasteiger partial charge on any atom is 0.416 e. The number of nitrogens with one attached hydrogen (secondary N) is 2. The molecule has 0 radical (unpaired) electrons. The van der Waals surface area contributed by atoms with E-state index in [2.05, 4.69) is 10.6 Å². The van der Waals surface area contributed by atoms with E-state index in [0.717, 1.165) is 25.9 Å². The Morgan fingerprint density at radius 2 is 2.16 bits per heavy atom. The molecule has 106 valence electrons. The average Bonchev–Trinajstić information content (AvgIpc) is 2.37. The molecule has 0 aliphatic carbocycles. The van der Waals surface area contributed by atoms with E-state index < -0.39 is 11.7 Å². The summed E-state index contributed by atoms with van der Waals surface area (Å²) in [5.41, 5.74) is 0.250. The van der Waals surface area contributed by atoms with Crippen molar-refractivity contribution in [2.45, 2.75) is 25.9 Å². The van der Waals surface area contributed by atoms with Gasteiger partial charge in [0.1, 0.15) is 0 Å². The highest BCUT2D eigenvalue weighted by molar-refractivity contribution is 5.49. The molecule has 1 unspecified atom stereocenters. The highest BCUT2D eigenvalue weighted by atomic mass is 19.4. The monoisotopic (exact) mass is 272 g/mol. The van der Waals surface area contributed by atoms with Crippen molar-refractivity contribution >= 4 is 5.69 Å². The molecule has 2 nitrogen and oxygen atoms in total. The molecule has 1 aliphatic rings.